The first-order valence-electron chi connectivity index (χ1n) is 13.9. The summed E-state index contributed by atoms with van der Waals surface area (Å²) < 4.78 is 34.0. The number of aryl methyl sites for hydroxylation is 1. The Morgan fingerprint density at radius 1 is 1.07 bits per heavy atom. The number of sulfone groups is 1. The number of anilines is 3. The van der Waals surface area contributed by atoms with Gasteiger partial charge in [-0.15, -0.1) is 0 Å². The van der Waals surface area contributed by atoms with Crippen molar-refractivity contribution in [3.05, 3.63) is 48.4 Å². The van der Waals surface area contributed by atoms with Crippen LogP contribution in [0.5, 0.6) is 0 Å². The fourth-order valence-electron chi connectivity index (χ4n) is 5.81. The summed E-state index contributed by atoms with van der Waals surface area (Å²) in [6, 6.07) is 8.88. The van der Waals surface area contributed by atoms with Gasteiger partial charge in [-0.3, -0.25) is 4.68 Å². The van der Waals surface area contributed by atoms with Gasteiger partial charge in [0.1, 0.15) is 10.6 Å². The lowest BCUT2D eigenvalue weighted by Crippen LogP contribution is -2.44. The molecule has 3 heterocycles. The third-order valence-electron chi connectivity index (χ3n) is 8.19. The molecule has 2 saturated carbocycles. The molecule has 2 amide bonds. The van der Waals surface area contributed by atoms with E-state index < -0.39 is 14.6 Å². The molecule has 2 N–H and O–H groups in total. The lowest BCUT2D eigenvalue weighted by Gasteiger charge is -2.35. The molecule has 2 aliphatic carbocycles. The van der Waals surface area contributed by atoms with Crippen molar-refractivity contribution in [2.75, 3.05) is 35.3 Å². The van der Waals surface area contributed by atoms with Crippen molar-refractivity contribution < 1.29 is 17.9 Å². The second kappa shape index (κ2) is 10.5. The van der Waals surface area contributed by atoms with Gasteiger partial charge in [-0.1, -0.05) is 12.8 Å². The smallest absolute Gasteiger partial charge is 0.323 e. The Bertz CT molecular complexity index is 1500. The molecule has 2 aromatic heterocycles. The van der Waals surface area contributed by atoms with Crippen LogP contribution < -0.4 is 15.5 Å². The van der Waals surface area contributed by atoms with Crippen LogP contribution in [0.4, 0.5) is 22.0 Å². The summed E-state index contributed by atoms with van der Waals surface area (Å²) in [5.41, 5.74) is 2.53. The number of carbonyl (C=O) groups excluding carboxylic acids is 1. The normalized spacial score (nSPS) is 20.9. The van der Waals surface area contributed by atoms with Gasteiger partial charge in [0.25, 0.3) is 0 Å². The van der Waals surface area contributed by atoms with Gasteiger partial charge in [-0.2, -0.15) is 5.10 Å². The zero-order valence-corrected chi connectivity index (χ0v) is 23.7. The van der Waals surface area contributed by atoms with E-state index in [0.717, 1.165) is 37.1 Å². The molecule has 0 unspecified atom stereocenters. The van der Waals surface area contributed by atoms with E-state index in [1.807, 2.05) is 18.2 Å². The predicted molar refractivity (Wildman–Crippen MR) is 153 cm³/mol. The number of hydrogen-bond acceptors (Lipinski definition) is 8. The highest BCUT2D eigenvalue weighted by Gasteiger charge is 2.59. The topological polar surface area (TPSA) is 131 Å². The van der Waals surface area contributed by atoms with Crippen LogP contribution in [0.2, 0.25) is 0 Å². The first kappa shape index (κ1) is 26.7. The van der Waals surface area contributed by atoms with Gasteiger partial charge in [-0.25, -0.2) is 23.2 Å². The second-order valence-corrected chi connectivity index (χ2v) is 13.6. The minimum Gasteiger partial charge on any atom is -0.377 e. The van der Waals surface area contributed by atoms with Gasteiger partial charge in [-0.05, 0) is 56.9 Å². The van der Waals surface area contributed by atoms with Crippen LogP contribution >= 0.6 is 0 Å². The zero-order valence-electron chi connectivity index (χ0n) is 22.8. The number of rotatable bonds is 7. The standard InChI is InChI=1S/C28H35N7O4S/c1-19-18-39-14-13-35(19)25-15-24(28(11-12-28)40(37,38)23-5-3-4-6-23)32-26(33-25)20-7-9-21(10-8-20)30-27(36)31-22-16-29-34(2)17-22/h7-10,15-17,19,23H,3-6,11-14,18H2,1-2H3,(H2,30,31,36)/t19-/m0/s1. The van der Waals surface area contributed by atoms with Crippen molar-refractivity contribution in [1.82, 2.24) is 19.7 Å². The molecule has 12 heteroatoms. The van der Waals surface area contributed by atoms with Crippen LogP contribution in [0.15, 0.2) is 42.7 Å². The van der Waals surface area contributed by atoms with Crippen LogP contribution in [0.1, 0.15) is 51.1 Å². The van der Waals surface area contributed by atoms with Gasteiger partial charge in [0.2, 0.25) is 0 Å². The Morgan fingerprint density at radius 3 is 2.45 bits per heavy atom. The SMILES string of the molecule is C[C@H]1COCCN1c1cc(C2(S(=O)(=O)C3CCCC3)CC2)nc(-c2ccc(NC(=O)Nc3cnn(C)c3)cc2)n1. The summed E-state index contributed by atoms with van der Waals surface area (Å²) in [5.74, 6) is 1.20. The molecule has 3 aromatic rings. The van der Waals surface area contributed by atoms with Crippen LogP contribution in [-0.2, 0) is 26.4 Å². The first-order chi connectivity index (χ1) is 19.2. The van der Waals surface area contributed by atoms with E-state index in [4.69, 9.17) is 14.7 Å². The minimum absolute atomic E-state index is 0.107. The fourth-order valence-corrected chi connectivity index (χ4v) is 8.47. The van der Waals surface area contributed by atoms with E-state index in [9.17, 15) is 13.2 Å². The van der Waals surface area contributed by atoms with Gasteiger partial charge in [0, 0.05) is 37.1 Å². The molecule has 0 radical (unpaired) electrons. The van der Waals surface area contributed by atoms with Crippen molar-refractivity contribution in [2.45, 2.75) is 61.5 Å². The van der Waals surface area contributed by atoms with Gasteiger partial charge < -0.3 is 20.3 Å². The third-order valence-corrected chi connectivity index (χ3v) is 11.3. The number of urea groups is 1. The highest BCUT2D eigenvalue weighted by Crippen LogP contribution is 2.55. The van der Waals surface area contributed by atoms with Gasteiger partial charge >= 0.3 is 6.03 Å². The molecule has 0 spiro atoms. The zero-order chi connectivity index (χ0) is 27.9. The maximum atomic E-state index is 13.9. The van der Waals surface area contributed by atoms with E-state index in [0.29, 0.717) is 55.5 Å². The monoisotopic (exact) mass is 565 g/mol. The van der Waals surface area contributed by atoms with Crippen LogP contribution in [0, 0.1) is 0 Å². The van der Waals surface area contributed by atoms with Crippen molar-refractivity contribution in [3.63, 3.8) is 0 Å². The van der Waals surface area contributed by atoms with Gasteiger partial charge in [0.05, 0.1) is 42.1 Å². The van der Waals surface area contributed by atoms with E-state index in [1.54, 1.807) is 36.3 Å². The lowest BCUT2D eigenvalue weighted by molar-refractivity contribution is 0.0985. The molecule has 0 bridgehead atoms. The Labute approximate surface area is 234 Å². The molecular formula is C28H35N7O4S. The Kier molecular flexibility index (Phi) is 6.99. The first-order valence-corrected chi connectivity index (χ1v) is 15.4. The van der Waals surface area contributed by atoms with Crippen LogP contribution in [0.25, 0.3) is 11.4 Å². The molecular weight excluding hydrogens is 530 g/mol. The number of nitrogens with one attached hydrogen (secondary N) is 2. The third kappa shape index (κ3) is 5.05. The van der Waals surface area contributed by atoms with Crippen molar-refractivity contribution >= 4 is 33.1 Å². The Hall–Kier alpha value is -3.51. The molecule has 6 rings (SSSR count). The number of nitrogens with zero attached hydrogens (tertiary/aromatic N) is 5. The number of carbonyl (C=O) groups is 1. The predicted octanol–water partition coefficient (Wildman–Crippen LogP) is 4.09. The molecule has 212 valence electrons. The van der Waals surface area contributed by atoms with Crippen molar-refractivity contribution in [1.29, 1.82) is 0 Å². The number of ether oxygens (including phenoxy) is 1. The summed E-state index contributed by atoms with van der Waals surface area (Å²) >= 11 is 0. The quantitative estimate of drug-likeness (QED) is 0.438. The second-order valence-electron chi connectivity index (χ2n) is 11.1. The average molecular weight is 566 g/mol. The Morgan fingerprint density at radius 2 is 1.80 bits per heavy atom. The van der Waals surface area contributed by atoms with E-state index in [2.05, 4.69) is 27.6 Å². The van der Waals surface area contributed by atoms with E-state index in [-0.39, 0.29) is 17.3 Å². The molecule has 1 saturated heterocycles. The lowest BCUT2D eigenvalue weighted by atomic mass is 10.1. The molecule has 1 aliphatic heterocycles. The number of benzene rings is 1. The highest BCUT2D eigenvalue weighted by molar-refractivity contribution is 7.93. The number of amides is 2. The number of hydrogen-bond donors (Lipinski definition) is 2. The molecule has 1 atom stereocenters. The van der Waals surface area contributed by atoms with Crippen molar-refractivity contribution in [3.8, 4) is 11.4 Å². The van der Waals surface area contributed by atoms with Crippen molar-refractivity contribution in [2.24, 2.45) is 7.05 Å². The molecule has 1 aromatic carbocycles. The van der Waals surface area contributed by atoms with E-state index >= 15 is 0 Å². The van der Waals surface area contributed by atoms with E-state index in [1.165, 1.54) is 0 Å². The maximum Gasteiger partial charge on any atom is 0.323 e. The maximum absolute atomic E-state index is 13.9. The molecule has 11 nitrogen and oxygen atoms in total. The number of morpholine rings is 1. The van der Waals surface area contributed by atoms with Crippen LogP contribution in [-0.4, -0.2) is 65.2 Å². The fraction of sp³-hybridized carbons (Fsp3) is 0.500. The summed E-state index contributed by atoms with van der Waals surface area (Å²) in [5, 5.41) is 9.31. The summed E-state index contributed by atoms with van der Waals surface area (Å²) in [6.07, 6.45) is 7.86. The number of aromatic nitrogens is 4. The Balaban J connectivity index is 1.30. The minimum atomic E-state index is -3.38. The van der Waals surface area contributed by atoms with Gasteiger partial charge in [0.15, 0.2) is 15.7 Å². The summed E-state index contributed by atoms with van der Waals surface area (Å²) in [4.78, 5) is 24.4. The summed E-state index contributed by atoms with van der Waals surface area (Å²) in [7, 11) is -1.60. The molecule has 40 heavy (non-hydrogen) atoms. The highest BCUT2D eigenvalue weighted by atomic mass is 32.2. The molecule has 3 aliphatic rings. The van der Waals surface area contributed by atoms with Crippen LogP contribution in [0.3, 0.4) is 0 Å². The largest absolute Gasteiger partial charge is 0.377 e. The summed E-state index contributed by atoms with van der Waals surface area (Å²) in [6.45, 7) is 3.93. The average Bonchev–Trinajstić information content (AvgIpc) is 3.38. The molecule has 3 fully saturated rings.